The van der Waals surface area contributed by atoms with Gasteiger partial charge in [-0.25, -0.2) is 0 Å². The van der Waals surface area contributed by atoms with Gasteiger partial charge in [-0.1, -0.05) is 32.0 Å². The number of carbonyl (C=O) groups is 2. The molecule has 6 heteroatoms. The molecule has 0 bridgehead atoms. The van der Waals surface area contributed by atoms with Crippen LogP contribution in [0.1, 0.15) is 37.0 Å². The Labute approximate surface area is 166 Å². The largest absolute Gasteiger partial charge is 0.368 e. The summed E-state index contributed by atoms with van der Waals surface area (Å²) >= 11 is 0. The molecule has 150 valence electrons. The van der Waals surface area contributed by atoms with E-state index in [1.807, 2.05) is 34.2 Å². The fraction of sp³-hybridized carbons (Fsp3) is 0.545. The lowest BCUT2D eigenvalue weighted by atomic mass is 10.1. The second kappa shape index (κ2) is 7.95. The molecule has 2 aliphatic rings. The van der Waals surface area contributed by atoms with Gasteiger partial charge in [0, 0.05) is 56.4 Å². The van der Waals surface area contributed by atoms with Crippen LogP contribution in [-0.2, 0) is 16.1 Å². The minimum atomic E-state index is -0.281. The summed E-state index contributed by atoms with van der Waals surface area (Å²) in [5.41, 5.74) is 1.86. The molecule has 28 heavy (non-hydrogen) atoms. The number of fused-ring (bicyclic) bond motifs is 1. The zero-order valence-electron chi connectivity index (χ0n) is 16.8. The molecule has 2 amide bonds. The van der Waals surface area contributed by atoms with Gasteiger partial charge in [0.1, 0.15) is 6.10 Å². The molecular formula is C22H29N3O3. The van der Waals surface area contributed by atoms with Gasteiger partial charge in [0.05, 0.1) is 5.56 Å². The predicted octanol–water partition coefficient (Wildman–Crippen LogP) is 2.76. The maximum absolute atomic E-state index is 13.2. The van der Waals surface area contributed by atoms with Gasteiger partial charge in [0.25, 0.3) is 11.8 Å². The maximum atomic E-state index is 13.2. The molecule has 1 aromatic carbocycles. The van der Waals surface area contributed by atoms with Crippen LogP contribution in [0.4, 0.5) is 0 Å². The van der Waals surface area contributed by atoms with E-state index in [1.165, 1.54) is 0 Å². The van der Waals surface area contributed by atoms with E-state index < -0.39 is 0 Å². The van der Waals surface area contributed by atoms with E-state index in [9.17, 15) is 9.59 Å². The van der Waals surface area contributed by atoms with Crippen LogP contribution < -0.4 is 0 Å². The molecule has 3 heterocycles. The van der Waals surface area contributed by atoms with Crippen molar-refractivity contribution in [2.24, 2.45) is 5.92 Å². The van der Waals surface area contributed by atoms with Crippen molar-refractivity contribution in [1.82, 2.24) is 14.4 Å². The fourth-order valence-electron chi connectivity index (χ4n) is 4.24. The first kappa shape index (κ1) is 19.0. The Bertz CT molecular complexity index is 859. The highest BCUT2D eigenvalue weighted by atomic mass is 16.5. The highest BCUT2D eigenvalue weighted by Gasteiger charge is 2.32. The number of piperazine rings is 1. The Morgan fingerprint density at radius 3 is 2.50 bits per heavy atom. The summed E-state index contributed by atoms with van der Waals surface area (Å²) in [4.78, 5) is 29.5. The third-order valence-electron chi connectivity index (χ3n) is 5.66. The average molecular weight is 383 g/mol. The van der Waals surface area contributed by atoms with E-state index in [0.29, 0.717) is 38.7 Å². The third kappa shape index (κ3) is 3.65. The lowest BCUT2D eigenvalue weighted by molar-refractivity contribution is -0.142. The number of ether oxygens (including phenoxy) is 1. The zero-order valence-corrected chi connectivity index (χ0v) is 16.8. The summed E-state index contributed by atoms with van der Waals surface area (Å²) in [6, 6.07) is 8.10. The Kier molecular flexibility index (Phi) is 5.40. The Morgan fingerprint density at radius 2 is 1.82 bits per heavy atom. The molecule has 0 aliphatic carbocycles. The van der Waals surface area contributed by atoms with Crippen LogP contribution in [0.5, 0.6) is 0 Å². The van der Waals surface area contributed by atoms with Crippen molar-refractivity contribution in [3.8, 4) is 0 Å². The molecule has 2 aliphatic heterocycles. The number of carbonyl (C=O) groups excluding carboxylic acids is 2. The van der Waals surface area contributed by atoms with Gasteiger partial charge in [-0.2, -0.15) is 0 Å². The van der Waals surface area contributed by atoms with Crippen molar-refractivity contribution in [1.29, 1.82) is 0 Å². The second-order valence-electron chi connectivity index (χ2n) is 8.23. The van der Waals surface area contributed by atoms with Crippen LogP contribution >= 0.6 is 0 Å². The number of hydrogen-bond acceptors (Lipinski definition) is 3. The molecule has 0 saturated carbocycles. The smallest absolute Gasteiger partial charge is 0.256 e. The molecule has 0 spiro atoms. The lowest BCUT2D eigenvalue weighted by Crippen LogP contribution is -2.52. The summed E-state index contributed by atoms with van der Waals surface area (Å²) in [7, 11) is 0. The first-order valence-corrected chi connectivity index (χ1v) is 10.3. The molecule has 4 rings (SSSR count). The van der Waals surface area contributed by atoms with Crippen molar-refractivity contribution >= 4 is 22.7 Å². The van der Waals surface area contributed by atoms with Gasteiger partial charge >= 0.3 is 0 Å². The maximum Gasteiger partial charge on any atom is 0.256 e. The van der Waals surface area contributed by atoms with Gasteiger partial charge in [-0.15, -0.1) is 0 Å². The summed E-state index contributed by atoms with van der Waals surface area (Å²) in [5.74, 6) is 0.646. The van der Waals surface area contributed by atoms with E-state index in [2.05, 4.69) is 24.5 Å². The second-order valence-corrected chi connectivity index (χ2v) is 8.23. The molecule has 2 saturated heterocycles. The van der Waals surface area contributed by atoms with Gasteiger partial charge < -0.3 is 19.1 Å². The van der Waals surface area contributed by atoms with Crippen molar-refractivity contribution in [3.63, 3.8) is 0 Å². The average Bonchev–Trinajstić information content (AvgIpc) is 3.36. The molecule has 2 aromatic rings. The van der Waals surface area contributed by atoms with Crippen LogP contribution in [0, 0.1) is 5.92 Å². The quantitative estimate of drug-likeness (QED) is 0.816. The van der Waals surface area contributed by atoms with Crippen LogP contribution in [-0.4, -0.2) is 65.1 Å². The summed E-state index contributed by atoms with van der Waals surface area (Å²) in [6.45, 7) is 8.22. The van der Waals surface area contributed by atoms with Gasteiger partial charge in [0.15, 0.2) is 0 Å². The molecular weight excluding hydrogens is 354 g/mol. The number of rotatable bonds is 4. The van der Waals surface area contributed by atoms with Gasteiger partial charge in [-0.05, 0) is 24.8 Å². The first-order valence-electron chi connectivity index (χ1n) is 10.3. The van der Waals surface area contributed by atoms with E-state index in [1.54, 1.807) is 0 Å². The molecule has 1 unspecified atom stereocenters. The van der Waals surface area contributed by atoms with Crippen molar-refractivity contribution < 1.29 is 14.3 Å². The molecule has 6 nitrogen and oxygen atoms in total. The topological polar surface area (TPSA) is 54.8 Å². The van der Waals surface area contributed by atoms with E-state index in [0.717, 1.165) is 35.9 Å². The Balaban J connectivity index is 1.47. The van der Waals surface area contributed by atoms with Crippen LogP contribution in [0.25, 0.3) is 10.9 Å². The van der Waals surface area contributed by atoms with Crippen LogP contribution in [0.3, 0.4) is 0 Å². The number of amides is 2. The minimum absolute atomic E-state index is 0.0583. The SMILES string of the molecule is CC(C)Cn1cc(C(=O)N2CCN(C(=O)C3CCCO3)CC2)c2ccccc21. The number of para-hydroxylation sites is 1. The Morgan fingerprint density at radius 1 is 1.11 bits per heavy atom. The zero-order chi connectivity index (χ0) is 19.7. The lowest BCUT2D eigenvalue weighted by Gasteiger charge is -2.35. The Hall–Kier alpha value is -2.34. The number of hydrogen-bond donors (Lipinski definition) is 0. The minimum Gasteiger partial charge on any atom is -0.368 e. The van der Waals surface area contributed by atoms with Gasteiger partial charge in [0.2, 0.25) is 0 Å². The number of aromatic nitrogens is 1. The first-order chi connectivity index (χ1) is 13.5. The van der Waals surface area contributed by atoms with Gasteiger partial charge in [-0.3, -0.25) is 9.59 Å². The van der Waals surface area contributed by atoms with Crippen molar-refractivity contribution in [3.05, 3.63) is 36.0 Å². The van der Waals surface area contributed by atoms with Crippen LogP contribution in [0.2, 0.25) is 0 Å². The standard InChI is InChI=1S/C22H29N3O3/c1-16(2)14-25-15-18(17-6-3-4-7-19(17)25)21(26)23-9-11-24(12-10-23)22(27)20-8-5-13-28-20/h3-4,6-7,15-16,20H,5,8-14H2,1-2H3. The summed E-state index contributed by atoms with van der Waals surface area (Å²) in [6.07, 6.45) is 3.48. The van der Waals surface area contributed by atoms with E-state index in [4.69, 9.17) is 4.74 Å². The number of nitrogens with zero attached hydrogens (tertiary/aromatic N) is 3. The highest BCUT2D eigenvalue weighted by Crippen LogP contribution is 2.24. The monoisotopic (exact) mass is 383 g/mol. The van der Waals surface area contributed by atoms with Crippen molar-refractivity contribution in [2.45, 2.75) is 39.3 Å². The number of benzene rings is 1. The molecule has 2 fully saturated rings. The summed E-state index contributed by atoms with van der Waals surface area (Å²) in [5, 5.41) is 1.01. The predicted molar refractivity (Wildman–Crippen MR) is 108 cm³/mol. The van der Waals surface area contributed by atoms with E-state index >= 15 is 0 Å². The van der Waals surface area contributed by atoms with E-state index in [-0.39, 0.29) is 17.9 Å². The van der Waals surface area contributed by atoms with Crippen LogP contribution in [0.15, 0.2) is 30.5 Å². The molecule has 1 aromatic heterocycles. The summed E-state index contributed by atoms with van der Waals surface area (Å²) < 4.78 is 7.70. The highest BCUT2D eigenvalue weighted by molar-refractivity contribution is 6.07. The molecule has 0 radical (unpaired) electrons. The molecule has 1 atom stereocenters. The fourth-order valence-corrected chi connectivity index (χ4v) is 4.24. The third-order valence-corrected chi connectivity index (χ3v) is 5.66. The van der Waals surface area contributed by atoms with Crippen molar-refractivity contribution in [2.75, 3.05) is 32.8 Å². The molecule has 0 N–H and O–H groups in total. The normalized spacial score (nSPS) is 20.3.